The molecule has 0 fully saturated rings. The molecule has 2 aliphatic rings. The van der Waals surface area contributed by atoms with E-state index in [0.29, 0.717) is 11.4 Å². The molecule has 0 bridgehead atoms. The molecule has 2 heterocycles. The summed E-state index contributed by atoms with van der Waals surface area (Å²) in [4.78, 5) is 10.9. The number of allylic oxidation sites excluding steroid dienone is 3. The summed E-state index contributed by atoms with van der Waals surface area (Å²) in [7, 11) is 0. The predicted molar refractivity (Wildman–Crippen MR) is 194 cm³/mol. The van der Waals surface area contributed by atoms with Crippen molar-refractivity contribution < 1.29 is 0 Å². The van der Waals surface area contributed by atoms with E-state index in [0.717, 1.165) is 55.7 Å². The van der Waals surface area contributed by atoms with Gasteiger partial charge in [-0.1, -0.05) is 119 Å². The number of anilines is 2. The van der Waals surface area contributed by atoms with Gasteiger partial charge in [-0.15, -0.1) is 0 Å². The smallest absolute Gasteiger partial charge is 0.177 e. The van der Waals surface area contributed by atoms with E-state index in [1.165, 1.54) is 11.1 Å². The van der Waals surface area contributed by atoms with Gasteiger partial charge >= 0.3 is 0 Å². The number of fused-ring (bicyclic) bond motifs is 4. The summed E-state index contributed by atoms with van der Waals surface area (Å²) < 4.78 is 0. The number of nitriles is 2. The molecule has 5 heteroatoms. The molecule has 0 spiro atoms. The van der Waals surface area contributed by atoms with Gasteiger partial charge < -0.3 is 4.90 Å². The fraction of sp³-hybridized carbons (Fsp3) is 0.0952. The molecule has 0 atom stereocenters. The average Bonchev–Trinajstić information content (AvgIpc) is 3.41. The molecule has 0 saturated carbocycles. The summed E-state index contributed by atoms with van der Waals surface area (Å²) in [5, 5.41) is 20.4. The van der Waals surface area contributed by atoms with Crippen molar-refractivity contribution in [3.63, 3.8) is 0 Å². The fourth-order valence-corrected chi connectivity index (χ4v) is 6.85. The summed E-state index contributed by atoms with van der Waals surface area (Å²) in [6.45, 7) is 22.9. The summed E-state index contributed by atoms with van der Waals surface area (Å²) in [5.41, 5.74) is 12.4. The van der Waals surface area contributed by atoms with Crippen LogP contribution in [0.2, 0.25) is 0 Å². The Balaban J connectivity index is 0.000000171. The maximum Gasteiger partial charge on any atom is 0.177 e. The Morgan fingerprint density at radius 3 is 1.81 bits per heavy atom. The van der Waals surface area contributed by atoms with Crippen LogP contribution < -0.4 is 4.90 Å². The molecule has 0 saturated heterocycles. The Kier molecular flexibility index (Phi) is 7.77. The quantitative estimate of drug-likeness (QED) is 0.195. The predicted octanol–water partition coefficient (Wildman–Crippen LogP) is 10.4. The topological polar surface area (TPSA) is 76.6 Å². The van der Waals surface area contributed by atoms with Crippen molar-refractivity contribution >= 4 is 34.3 Å². The third-order valence-corrected chi connectivity index (χ3v) is 9.06. The molecule has 0 unspecified atom stereocenters. The maximum atomic E-state index is 9.09. The van der Waals surface area contributed by atoms with Crippen LogP contribution in [0.3, 0.4) is 0 Å². The first-order chi connectivity index (χ1) is 22.7. The van der Waals surface area contributed by atoms with Crippen LogP contribution >= 0.6 is 0 Å². The largest absolute Gasteiger partial charge is 0.309 e. The lowest BCUT2D eigenvalue weighted by Crippen LogP contribution is -2.33. The molecule has 47 heavy (non-hydrogen) atoms. The third-order valence-electron chi connectivity index (χ3n) is 9.06. The number of hydrogen-bond acceptors (Lipinski definition) is 5. The lowest BCUT2D eigenvalue weighted by atomic mass is 9.73. The molecule has 0 N–H and O–H groups in total. The highest BCUT2D eigenvalue weighted by atomic mass is 15.2. The van der Waals surface area contributed by atoms with Gasteiger partial charge in [0.2, 0.25) is 0 Å². The summed E-state index contributed by atoms with van der Waals surface area (Å²) in [6, 6.07) is 28.6. The van der Waals surface area contributed by atoms with Gasteiger partial charge in [-0.2, -0.15) is 10.5 Å². The SMILES string of the molecule is C=CC1=C(C=C)C(C)(C)c2ccccc2N1c1ccc(C)c(C=C)c1C=C.N#Cc1nc2c(nc1C#N)-c1cccc3cccc-2c13. The van der Waals surface area contributed by atoms with E-state index in [1.807, 2.05) is 72.8 Å². The second kappa shape index (κ2) is 11.9. The minimum Gasteiger partial charge on any atom is -0.309 e. The van der Waals surface area contributed by atoms with E-state index in [1.54, 1.807) is 0 Å². The van der Waals surface area contributed by atoms with Crippen molar-refractivity contribution in [1.29, 1.82) is 10.5 Å². The molecular formula is C42H33N5. The van der Waals surface area contributed by atoms with Crippen molar-refractivity contribution in [1.82, 2.24) is 9.97 Å². The Bertz CT molecular complexity index is 2210. The minimum atomic E-state index is -0.154. The molecule has 5 aromatic rings. The lowest BCUT2D eigenvalue weighted by Gasteiger charge is -2.42. The number of nitrogens with zero attached hydrogens (tertiary/aromatic N) is 5. The molecule has 7 rings (SSSR count). The summed E-state index contributed by atoms with van der Waals surface area (Å²) >= 11 is 0. The molecular weight excluding hydrogens is 574 g/mol. The van der Waals surface area contributed by atoms with Crippen molar-refractivity contribution in [2.75, 3.05) is 4.90 Å². The first-order valence-electron chi connectivity index (χ1n) is 15.3. The highest BCUT2D eigenvalue weighted by Crippen LogP contribution is 2.50. The van der Waals surface area contributed by atoms with Crippen LogP contribution in [0.1, 0.15) is 47.5 Å². The van der Waals surface area contributed by atoms with Crippen LogP contribution in [0, 0.1) is 29.6 Å². The van der Waals surface area contributed by atoms with Gasteiger partial charge in [0.1, 0.15) is 12.1 Å². The van der Waals surface area contributed by atoms with Gasteiger partial charge in [-0.25, -0.2) is 9.97 Å². The van der Waals surface area contributed by atoms with Gasteiger partial charge in [0.15, 0.2) is 11.4 Å². The minimum absolute atomic E-state index is 0.0797. The molecule has 0 radical (unpaired) electrons. The molecule has 4 aromatic carbocycles. The number of hydrogen-bond donors (Lipinski definition) is 0. The van der Waals surface area contributed by atoms with E-state index in [-0.39, 0.29) is 16.8 Å². The Morgan fingerprint density at radius 1 is 0.681 bits per heavy atom. The van der Waals surface area contributed by atoms with E-state index < -0.39 is 0 Å². The highest BCUT2D eigenvalue weighted by molar-refractivity contribution is 6.13. The van der Waals surface area contributed by atoms with Crippen LogP contribution in [0.4, 0.5) is 11.4 Å². The zero-order valence-electron chi connectivity index (χ0n) is 26.8. The van der Waals surface area contributed by atoms with Crippen LogP contribution in [-0.2, 0) is 5.41 Å². The van der Waals surface area contributed by atoms with Gasteiger partial charge in [0.05, 0.1) is 22.8 Å². The van der Waals surface area contributed by atoms with Gasteiger partial charge in [-0.3, -0.25) is 0 Å². The number of aromatic nitrogens is 2. The molecule has 1 aromatic heterocycles. The number of para-hydroxylation sites is 1. The molecule has 1 aliphatic heterocycles. The van der Waals surface area contributed by atoms with Crippen LogP contribution in [-0.4, -0.2) is 9.97 Å². The number of rotatable bonds is 5. The monoisotopic (exact) mass is 607 g/mol. The standard InChI is InChI=1S/C26H27N.C16H6N4/c1-8-19-18(5)16-17-24(20(19)9-2)27-23(11-4)21(10-3)26(6,7)22-14-12-13-15-25(22)27;17-7-12-13(8-18)20-16-11-6-2-4-9-3-1-5-10(14(9)11)15(16)19-12/h8-17H,1-4H2,5-7H3;1-6H. The average molecular weight is 608 g/mol. The summed E-state index contributed by atoms with van der Waals surface area (Å²) in [5.74, 6) is 0. The Hall–Kier alpha value is -6.30. The van der Waals surface area contributed by atoms with Crippen molar-refractivity contribution in [3.05, 3.63) is 156 Å². The van der Waals surface area contributed by atoms with Crippen LogP contribution in [0.25, 0.3) is 45.4 Å². The second-order valence-corrected chi connectivity index (χ2v) is 11.9. The zero-order valence-corrected chi connectivity index (χ0v) is 26.8. The normalized spacial score (nSPS) is 13.3. The van der Waals surface area contributed by atoms with Gasteiger partial charge in [-0.05, 0) is 52.8 Å². The Labute approximate surface area is 276 Å². The molecule has 5 nitrogen and oxygen atoms in total. The van der Waals surface area contributed by atoms with E-state index in [9.17, 15) is 0 Å². The Morgan fingerprint density at radius 2 is 1.28 bits per heavy atom. The van der Waals surface area contributed by atoms with Crippen LogP contribution in [0.5, 0.6) is 0 Å². The van der Waals surface area contributed by atoms with Crippen molar-refractivity contribution in [2.24, 2.45) is 0 Å². The fourth-order valence-electron chi connectivity index (χ4n) is 6.85. The first kappa shape index (κ1) is 30.7. The number of aryl methyl sites for hydroxylation is 1. The first-order valence-corrected chi connectivity index (χ1v) is 15.3. The van der Waals surface area contributed by atoms with E-state index >= 15 is 0 Å². The molecule has 226 valence electrons. The second-order valence-electron chi connectivity index (χ2n) is 11.9. The van der Waals surface area contributed by atoms with E-state index in [2.05, 4.69) is 98.4 Å². The van der Waals surface area contributed by atoms with Crippen molar-refractivity contribution in [2.45, 2.75) is 26.2 Å². The lowest BCUT2D eigenvalue weighted by molar-refractivity contribution is 0.621. The van der Waals surface area contributed by atoms with Gasteiger partial charge in [0.25, 0.3) is 0 Å². The summed E-state index contributed by atoms with van der Waals surface area (Å²) in [6.07, 6.45) is 7.70. The molecule has 0 amide bonds. The zero-order chi connectivity index (χ0) is 33.5. The van der Waals surface area contributed by atoms with Gasteiger partial charge in [0, 0.05) is 33.2 Å². The van der Waals surface area contributed by atoms with Crippen molar-refractivity contribution in [3.8, 4) is 34.7 Å². The maximum absolute atomic E-state index is 9.09. The van der Waals surface area contributed by atoms with Crippen LogP contribution in [0.15, 0.2) is 123 Å². The highest BCUT2D eigenvalue weighted by Gasteiger charge is 2.37. The number of benzene rings is 4. The molecule has 1 aliphatic carbocycles. The van der Waals surface area contributed by atoms with E-state index in [4.69, 9.17) is 10.5 Å². The third kappa shape index (κ3) is 4.69.